The van der Waals surface area contributed by atoms with Crippen LogP contribution in [0.2, 0.25) is 0 Å². The molecule has 33 heavy (non-hydrogen) atoms. The van der Waals surface area contributed by atoms with E-state index in [4.69, 9.17) is 9.26 Å². The number of benzene rings is 2. The summed E-state index contributed by atoms with van der Waals surface area (Å²) < 4.78 is 39.9. The van der Waals surface area contributed by atoms with Crippen LogP contribution < -0.4 is 14.8 Å². The minimum Gasteiger partial charge on any atom is -0.495 e. The molecule has 1 heterocycles. The van der Waals surface area contributed by atoms with E-state index in [1.54, 1.807) is 31.2 Å². The Morgan fingerprint density at radius 3 is 2.30 bits per heavy atom. The van der Waals surface area contributed by atoms with Gasteiger partial charge < -0.3 is 14.6 Å². The summed E-state index contributed by atoms with van der Waals surface area (Å²) in [5, 5.41) is 6.55. The second-order valence-corrected chi connectivity index (χ2v) is 9.46. The van der Waals surface area contributed by atoms with Gasteiger partial charge in [0.25, 0.3) is 10.0 Å². The highest BCUT2D eigenvalue weighted by molar-refractivity contribution is 7.92. The summed E-state index contributed by atoms with van der Waals surface area (Å²) in [6.07, 6.45) is 3.29. The van der Waals surface area contributed by atoms with Crippen molar-refractivity contribution in [1.82, 2.24) is 5.16 Å². The molecule has 0 spiro atoms. The Labute approximate surface area is 193 Å². The Balaban J connectivity index is 1.98. The minimum atomic E-state index is -3.94. The second kappa shape index (κ2) is 9.50. The summed E-state index contributed by atoms with van der Waals surface area (Å²) in [4.78, 5) is 11.4. The zero-order valence-electron chi connectivity index (χ0n) is 19.4. The van der Waals surface area contributed by atoms with E-state index in [1.165, 1.54) is 20.1 Å². The third kappa shape index (κ3) is 5.43. The molecule has 0 saturated carbocycles. The molecule has 1 amide bonds. The van der Waals surface area contributed by atoms with Gasteiger partial charge in [0.05, 0.1) is 12.8 Å². The maximum absolute atomic E-state index is 13.3. The Morgan fingerprint density at radius 2 is 1.70 bits per heavy atom. The van der Waals surface area contributed by atoms with Gasteiger partial charge >= 0.3 is 0 Å². The highest BCUT2D eigenvalue weighted by Gasteiger charge is 2.22. The van der Waals surface area contributed by atoms with Crippen molar-refractivity contribution in [2.75, 3.05) is 17.1 Å². The van der Waals surface area contributed by atoms with E-state index in [0.29, 0.717) is 28.4 Å². The lowest BCUT2D eigenvalue weighted by molar-refractivity contribution is -0.114. The van der Waals surface area contributed by atoms with Crippen molar-refractivity contribution in [2.45, 2.75) is 39.5 Å². The summed E-state index contributed by atoms with van der Waals surface area (Å²) in [5.74, 6) is 0.324. The van der Waals surface area contributed by atoms with E-state index in [9.17, 15) is 13.2 Å². The summed E-state index contributed by atoms with van der Waals surface area (Å²) in [7, 11) is -2.52. The first kappa shape index (κ1) is 24.1. The van der Waals surface area contributed by atoms with Crippen LogP contribution in [-0.2, 0) is 14.8 Å². The number of anilines is 2. The Morgan fingerprint density at radius 1 is 1.03 bits per heavy atom. The number of rotatable bonds is 7. The molecule has 3 aromatic rings. The molecule has 8 nitrogen and oxygen atoms in total. The lowest BCUT2D eigenvalue weighted by atomic mass is 10.1. The molecule has 2 aromatic carbocycles. The number of nitrogens with zero attached hydrogens (tertiary/aromatic N) is 1. The number of amides is 1. The standard InChI is InChI=1S/C24H27N3O5S/c1-14-11-15(2)23(16(3)12-14)27-33(29,30)22-13-19(7-9-20(22)31-6)8-10-21-24(25-18(5)28)17(4)26-32-21/h7-13,27H,1-6H3,(H,25,28)/b10-8-. The van der Waals surface area contributed by atoms with Crippen molar-refractivity contribution in [3.8, 4) is 5.75 Å². The van der Waals surface area contributed by atoms with Gasteiger partial charge in [-0.15, -0.1) is 0 Å². The molecule has 0 aliphatic rings. The second-order valence-electron chi connectivity index (χ2n) is 7.81. The molecule has 3 rings (SSSR count). The molecule has 2 N–H and O–H groups in total. The van der Waals surface area contributed by atoms with Gasteiger partial charge in [0.15, 0.2) is 5.76 Å². The van der Waals surface area contributed by atoms with E-state index in [2.05, 4.69) is 15.2 Å². The molecule has 1 aromatic heterocycles. The predicted octanol–water partition coefficient (Wildman–Crippen LogP) is 4.85. The first-order valence-electron chi connectivity index (χ1n) is 10.2. The number of aryl methyl sites for hydroxylation is 4. The van der Waals surface area contributed by atoms with Crippen LogP contribution in [0, 0.1) is 27.7 Å². The summed E-state index contributed by atoms with van der Waals surface area (Å²) in [5.41, 5.74) is 4.86. The van der Waals surface area contributed by atoms with Gasteiger partial charge in [0.2, 0.25) is 5.91 Å². The Bertz CT molecular complexity index is 1320. The van der Waals surface area contributed by atoms with E-state index >= 15 is 0 Å². The topological polar surface area (TPSA) is 111 Å². The summed E-state index contributed by atoms with van der Waals surface area (Å²) in [6.45, 7) is 8.79. The number of carbonyl (C=O) groups excluding carboxylic acids is 1. The number of carbonyl (C=O) groups is 1. The maximum atomic E-state index is 13.3. The first-order chi connectivity index (χ1) is 15.5. The highest BCUT2D eigenvalue weighted by atomic mass is 32.2. The van der Waals surface area contributed by atoms with E-state index in [1.807, 2.05) is 32.9 Å². The fraction of sp³-hybridized carbons (Fsp3) is 0.250. The third-order valence-corrected chi connectivity index (χ3v) is 6.38. The van der Waals surface area contributed by atoms with Gasteiger partial charge in [-0.3, -0.25) is 9.52 Å². The van der Waals surface area contributed by atoms with Crippen LogP contribution in [0.1, 0.15) is 40.6 Å². The van der Waals surface area contributed by atoms with Crippen LogP contribution in [0.3, 0.4) is 0 Å². The molecule has 0 aliphatic heterocycles. The molecular formula is C24H27N3O5S. The van der Waals surface area contributed by atoms with Crippen LogP contribution in [0.15, 0.2) is 39.8 Å². The molecule has 9 heteroatoms. The monoisotopic (exact) mass is 469 g/mol. The number of aromatic nitrogens is 1. The number of methoxy groups -OCH3 is 1. The van der Waals surface area contributed by atoms with Crippen LogP contribution in [-0.4, -0.2) is 26.6 Å². The SMILES string of the molecule is COc1ccc(/C=C\c2onc(C)c2NC(C)=O)cc1S(=O)(=O)Nc1c(C)cc(C)cc1C. The van der Waals surface area contributed by atoms with E-state index < -0.39 is 10.0 Å². The van der Waals surface area contributed by atoms with Crippen molar-refractivity contribution in [3.63, 3.8) is 0 Å². The predicted molar refractivity (Wildman–Crippen MR) is 129 cm³/mol. The van der Waals surface area contributed by atoms with Gasteiger partial charge in [-0.05, 0) is 62.6 Å². The number of hydrogen-bond donors (Lipinski definition) is 2. The summed E-state index contributed by atoms with van der Waals surface area (Å²) in [6, 6.07) is 8.67. The van der Waals surface area contributed by atoms with Gasteiger partial charge in [-0.1, -0.05) is 35.0 Å². The lowest BCUT2D eigenvalue weighted by Gasteiger charge is -2.16. The number of nitrogens with one attached hydrogen (secondary N) is 2. The average Bonchev–Trinajstić information content (AvgIpc) is 3.08. The van der Waals surface area contributed by atoms with E-state index in [0.717, 1.165) is 16.7 Å². The van der Waals surface area contributed by atoms with Crippen molar-refractivity contribution in [1.29, 1.82) is 0 Å². The zero-order valence-corrected chi connectivity index (χ0v) is 20.3. The van der Waals surface area contributed by atoms with Gasteiger partial charge in [0.1, 0.15) is 22.0 Å². The quantitative estimate of drug-likeness (QED) is 0.512. The molecule has 0 bridgehead atoms. The smallest absolute Gasteiger partial charge is 0.265 e. The average molecular weight is 470 g/mol. The minimum absolute atomic E-state index is 0.00219. The Kier molecular flexibility index (Phi) is 6.92. The molecule has 174 valence electrons. The third-order valence-electron chi connectivity index (χ3n) is 5.01. The van der Waals surface area contributed by atoms with E-state index in [-0.39, 0.29) is 16.6 Å². The van der Waals surface area contributed by atoms with Gasteiger partial charge in [-0.25, -0.2) is 8.42 Å². The van der Waals surface area contributed by atoms with Crippen LogP contribution in [0.5, 0.6) is 5.75 Å². The first-order valence-corrected chi connectivity index (χ1v) is 11.7. The molecule has 0 radical (unpaired) electrons. The van der Waals surface area contributed by atoms with Crippen LogP contribution in [0.4, 0.5) is 11.4 Å². The molecular weight excluding hydrogens is 442 g/mol. The van der Waals surface area contributed by atoms with Crippen LogP contribution in [0.25, 0.3) is 12.2 Å². The summed E-state index contributed by atoms with van der Waals surface area (Å²) >= 11 is 0. The van der Waals surface area contributed by atoms with Gasteiger partial charge in [-0.2, -0.15) is 0 Å². The molecule has 0 atom stereocenters. The molecule has 0 fully saturated rings. The largest absolute Gasteiger partial charge is 0.495 e. The number of sulfonamides is 1. The molecule has 0 saturated heterocycles. The molecule has 0 unspecified atom stereocenters. The van der Waals surface area contributed by atoms with Crippen molar-refractivity contribution in [2.24, 2.45) is 0 Å². The maximum Gasteiger partial charge on any atom is 0.265 e. The van der Waals surface area contributed by atoms with Crippen molar-refractivity contribution < 1.29 is 22.5 Å². The van der Waals surface area contributed by atoms with Gasteiger partial charge in [0, 0.05) is 6.92 Å². The number of ether oxygens (including phenoxy) is 1. The zero-order chi connectivity index (χ0) is 24.3. The number of hydrogen-bond acceptors (Lipinski definition) is 6. The lowest BCUT2D eigenvalue weighted by Crippen LogP contribution is -2.16. The normalized spacial score (nSPS) is 11.6. The molecule has 0 aliphatic carbocycles. The van der Waals surface area contributed by atoms with Crippen molar-refractivity contribution >= 4 is 39.5 Å². The van der Waals surface area contributed by atoms with Crippen LogP contribution >= 0.6 is 0 Å². The fourth-order valence-electron chi connectivity index (χ4n) is 3.54. The Hall–Kier alpha value is -3.59. The highest BCUT2D eigenvalue weighted by Crippen LogP contribution is 2.31. The fourth-order valence-corrected chi connectivity index (χ4v) is 4.95. The van der Waals surface area contributed by atoms with Crippen molar-refractivity contribution in [3.05, 3.63) is 64.0 Å².